The van der Waals surface area contributed by atoms with Gasteiger partial charge in [0.1, 0.15) is 0 Å². The predicted molar refractivity (Wildman–Crippen MR) is 102 cm³/mol. The Labute approximate surface area is 149 Å². The van der Waals surface area contributed by atoms with Gasteiger partial charge in [-0.2, -0.15) is 0 Å². The summed E-state index contributed by atoms with van der Waals surface area (Å²) in [5, 5.41) is 0.843. The number of fused-ring (bicyclic) bond motifs is 4. The highest BCUT2D eigenvalue weighted by atomic mass is 35.5. The van der Waals surface area contributed by atoms with Crippen LogP contribution in [0.2, 0.25) is 5.02 Å². The molecule has 2 aromatic rings. The monoisotopic (exact) mass is 337 g/mol. The summed E-state index contributed by atoms with van der Waals surface area (Å²) in [5.74, 6) is 0. The first-order valence-electron chi connectivity index (χ1n) is 8.83. The van der Waals surface area contributed by atoms with Crippen LogP contribution >= 0.6 is 11.6 Å². The van der Waals surface area contributed by atoms with Crippen LogP contribution in [-0.4, -0.2) is 25.0 Å². The highest BCUT2D eigenvalue weighted by molar-refractivity contribution is 6.30. The van der Waals surface area contributed by atoms with Gasteiger partial charge in [0.25, 0.3) is 0 Å². The zero-order valence-corrected chi connectivity index (χ0v) is 15.2. The van der Waals surface area contributed by atoms with Crippen molar-refractivity contribution in [3.05, 3.63) is 81.9 Å². The smallest absolute Gasteiger partial charge is 0.0409 e. The van der Waals surface area contributed by atoms with Gasteiger partial charge in [-0.25, -0.2) is 0 Å². The summed E-state index contributed by atoms with van der Waals surface area (Å²) >= 11 is 6.41. The lowest BCUT2D eigenvalue weighted by molar-refractivity contribution is 0.297. The molecule has 0 N–H and O–H groups in total. The van der Waals surface area contributed by atoms with Gasteiger partial charge in [-0.3, -0.25) is 0 Å². The molecule has 0 fully saturated rings. The minimum atomic E-state index is -0.0279. The molecule has 2 aliphatic rings. The molecule has 2 aliphatic carbocycles. The lowest BCUT2D eigenvalue weighted by Crippen LogP contribution is -2.36. The molecular formula is C22H24ClN. The fourth-order valence-electron chi connectivity index (χ4n) is 4.48. The van der Waals surface area contributed by atoms with Crippen LogP contribution in [0.25, 0.3) is 0 Å². The molecule has 0 aliphatic heterocycles. The van der Waals surface area contributed by atoms with E-state index in [1.165, 1.54) is 28.7 Å². The minimum absolute atomic E-state index is 0.0279. The number of hydrogen-bond donors (Lipinski definition) is 0. The Bertz CT molecular complexity index is 792. The van der Waals surface area contributed by atoms with Crippen LogP contribution < -0.4 is 0 Å². The number of allylic oxidation sites excluding steroid dienone is 1. The minimum Gasteiger partial charge on any atom is -0.303 e. The molecule has 1 nitrogen and oxygen atoms in total. The SMILES string of the molecule is CN(C)[C@H]1C=C[C@@]2(CC1)c1ccccc1CCc1ccc(Cl)cc12. The lowest BCUT2D eigenvalue weighted by Gasteiger charge is -2.39. The molecule has 2 heteroatoms. The molecule has 0 heterocycles. The van der Waals surface area contributed by atoms with Crippen molar-refractivity contribution >= 4 is 11.6 Å². The quantitative estimate of drug-likeness (QED) is 0.661. The Kier molecular flexibility index (Phi) is 4.02. The molecule has 4 rings (SSSR count). The molecule has 0 unspecified atom stereocenters. The lowest BCUT2D eigenvalue weighted by atomic mass is 9.66. The van der Waals surface area contributed by atoms with Gasteiger partial charge in [0, 0.05) is 16.5 Å². The average molecular weight is 338 g/mol. The van der Waals surface area contributed by atoms with Crippen molar-refractivity contribution in [2.24, 2.45) is 0 Å². The van der Waals surface area contributed by atoms with E-state index in [4.69, 9.17) is 11.6 Å². The van der Waals surface area contributed by atoms with Gasteiger partial charge in [0.2, 0.25) is 0 Å². The van der Waals surface area contributed by atoms with Crippen LogP contribution in [0.15, 0.2) is 54.6 Å². The Morgan fingerprint density at radius 3 is 2.46 bits per heavy atom. The maximum absolute atomic E-state index is 6.41. The summed E-state index contributed by atoms with van der Waals surface area (Å²) in [6.07, 6.45) is 9.37. The van der Waals surface area contributed by atoms with Crippen LogP contribution in [0, 0.1) is 0 Å². The second kappa shape index (κ2) is 6.06. The average Bonchev–Trinajstić information content (AvgIpc) is 2.72. The standard InChI is InChI=1S/C22H24ClN/c1-24(2)19-11-13-22(14-12-19)20-6-4-3-5-16(20)7-8-17-9-10-18(23)15-21(17)22/h3-6,9-11,13,15,19H,7-8,12,14H2,1-2H3/t19-,22+/m0/s1. The molecule has 2 aromatic carbocycles. The number of rotatable bonds is 1. The number of halogens is 1. The van der Waals surface area contributed by atoms with Crippen LogP contribution in [-0.2, 0) is 18.3 Å². The van der Waals surface area contributed by atoms with Crippen molar-refractivity contribution < 1.29 is 0 Å². The molecule has 0 saturated heterocycles. The first-order valence-corrected chi connectivity index (χ1v) is 9.21. The summed E-state index contributed by atoms with van der Waals surface area (Å²) < 4.78 is 0. The first kappa shape index (κ1) is 15.9. The molecule has 24 heavy (non-hydrogen) atoms. The van der Waals surface area contributed by atoms with Gasteiger partial charge in [-0.15, -0.1) is 0 Å². The van der Waals surface area contributed by atoms with Gasteiger partial charge in [-0.1, -0.05) is 54.1 Å². The Morgan fingerprint density at radius 1 is 1.00 bits per heavy atom. The molecule has 0 aromatic heterocycles. The van der Waals surface area contributed by atoms with Crippen molar-refractivity contribution in [1.29, 1.82) is 0 Å². The van der Waals surface area contributed by atoms with E-state index in [-0.39, 0.29) is 5.41 Å². The van der Waals surface area contributed by atoms with Crippen molar-refractivity contribution in [2.45, 2.75) is 37.1 Å². The molecule has 0 amide bonds. The van der Waals surface area contributed by atoms with Crippen molar-refractivity contribution in [2.75, 3.05) is 14.1 Å². The Morgan fingerprint density at radius 2 is 1.75 bits per heavy atom. The zero-order valence-electron chi connectivity index (χ0n) is 14.4. The molecule has 2 atom stereocenters. The molecule has 0 saturated carbocycles. The van der Waals surface area contributed by atoms with E-state index >= 15 is 0 Å². The van der Waals surface area contributed by atoms with E-state index in [2.05, 4.69) is 67.5 Å². The van der Waals surface area contributed by atoms with Gasteiger partial charge < -0.3 is 4.90 Å². The van der Waals surface area contributed by atoms with E-state index in [0.717, 1.165) is 24.3 Å². The van der Waals surface area contributed by atoms with Crippen LogP contribution in [0.5, 0.6) is 0 Å². The van der Waals surface area contributed by atoms with E-state index in [1.807, 2.05) is 6.07 Å². The summed E-state index contributed by atoms with van der Waals surface area (Å²) in [5.41, 5.74) is 5.79. The molecule has 0 bridgehead atoms. The largest absolute Gasteiger partial charge is 0.303 e. The fourth-order valence-corrected chi connectivity index (χ4v) is 4.65. The van der Waals surface area contributed by atoms with E-state index in [9.17, 15) is 0 Å². The van der Waals surface area contributed by atoms with E-state index in [0.29, 0.717) is 6.04 Å². The normalized spacial score (nSPS) is 25.4. The van der Waals surface area contributed by atoms with Crippen molar-refractivity contribution in [3.63, 3.8) is 0 Å². The van der Waals surface area contributed by atoms with E-state index in [1.54, 1.807) is 0 Å². The maximum atomic E-state index is 6.41. The van der Waals surface area contributed by atoms with Crippen molar-refractivity contribution in [1.82, 2.24) is 4.90 Å². The third-order valence-corrected chi connectivity index (χ3v) is 6.05. The highest BCUT2D eigenvalue weighted by Crippen LogP contribution is 2.47. The van der Waals surface area contributed by atoms with Crippen molar-refractivity contribution in [3.8, 4) is 0 Å². The summed E-state index contributed by atoms with van der Waals surface area (Å²) in [6.45, 7) is 0. The third-order valence-electron chi connectivity index (χ3n) is 5.81. The van der Waals surface area contributed by atoms with Crippen LogP contribution in [0.3, 0.4) is 0 Å². The molecule has 1 spiro atoms. The van der Waals surface area contributed by atoms with Gasteiger partial charge in [0.05, 0.1) is 0 Å². The number of aryl methyl sites for hydroxylation is 2. The van der Waals surface area contributed by atoms with Gasteiger partial charge >= 0.3 is 0 Å². The Balaban J connectivity index is 1.95. The zero-order chi connectivity index (χ0) is 16.7. The third kappa shape index (κ3) is 2.51. The predicted octanol–water partition coefficient (Wildman–Crippen LogP) is 5.00. The number of hydrogen-bond acceptors (Lipinski definition) is 1. The first-order chi connectivity index (χ1) is 11.6. The number of likely N-dealkylation sites (N-methyl/N-ethyl adjacent to an activating group) is 1. The number of nitrogens with zero attached hydrogens (tertiary/aromatic N) is 1. The van der Waals surface area contributed by atoms with Crippen LogP contribution in [0.4, 0.5) is 0 Å². The summed E-state index contributed by atoms with van der Waals surface area (Å²) in [7, 11) is 4.33. The topological polar surface area (TPSA) is 3.24 Å². The van der Waals surface area contributed by atoms with E-state index < -0.39 is 0 Å². The number of benzene rings is 2. The molecule has 0 radical (unpaired) electrons. The van der Waals surface area contributed by atoms with Gasteiger partial charge in [-0.05, 0) is 74.2 Å². The maximum Gasteiger partial charge on any atom is 0.0409 e. The Hall–Kier alpha value is -1.57. The van der Waals surface area contributed by atoms with Gasteiger partial charge in [0.15, 0.2) is 0 Å². The second-order valence-electron chi connectivity index (χ2n) is 7.36. The summed E-state index contributed by atoms with van der Waals surface area (Å²) in [4.78, 5) is 2.31. The van der Waals surface area contributed by atoms with Crippen LogP contribution in [0.1, 0.15) is 35.1 Å². The molecule has 124 valence electrons. The summed E-state index contributed by atoms with van der Waals surface area (Å²) in [6, 6.07) is 16.0. The second-order valence-corrected chi connectivity index (χ2v) is 7.80. The molecular weight excluding hydrogens is 314 g/mol. The fraction of sp³-hybridized carbons (Fsp3) is 0.364. The highest BCUT2D eigenvalue weighted by Gasteiger charge is 2.39.